The monoisotopic (exact) mass is 436 g/mol. The summed E-state index contributed by atoms with van der Waals surface area (Å²) in [7, 11) is 0. The van der Waals surface area contributed by atoms with Crippen LogP contribution in [-0.4, -0.2) is 9.55 Å². The highest BCUT2D eigenvalue weighted by molar-refractivity contribution is 6.12. The fraction of sp³-hybridized carbons (Fsp3) is 0.0938. The standard InChI is InChI=1S/C32H24N2/c1-32(2)27-13-7-6-12-23(27)24-20-31-26(19-28(24)32)25-18-21(29-14-8-9-17-33-29)15-16-30(25)34(31)22-10-4-3-5-11-22/h3-20H,1-2H3. The lowest BCUT2D eigenvalue weighted by Crippen LogP contribution is -2.14. The molecule has 2 aromatic heterocycles. The van der Waals surface area contributed by atoms with Crippen LogP contribution in [0.5, 0.6) is 0 Å². The molecule has 6 aromatic rings. The smallest absolute Gasteiger partial charge is 0.0702 e. The number of nitrogens with zero attached hydrogens (tertiary/aromatic N) is 2. The number of hydrogen-bond acceptors (Lipinski definition) is 1. The highest BCUT2D eigenvalue weighted by atomic mass is 15.0. The molecule has 2 heterocycles. The molecular formula is C32H24N2. The van der Waals surface area contributed by atoms with E-state index in [-0.39, 0.29) is 5.41 Å². The Kier molecular flexibility index (Phi) is 3.93. The molecule has 0 radical (unpaired) electrons. The molecule has 0 fully saturated rings. The lowest BCUT2D eigenvalue weighted by Gasteiger charge is -2.21. The first-order valence-electron chi connectivity index (χ1n) is 11.8. The Labute approximate surface area is 199 Å². The van der Waals surface area contributed by atoms with Gasteiger partial charge in [0.15, 0.2) is 0 Å². The van der Waals surface area contributed by atoms with Gasteiger partial charge in [-0.05, 0) is 70.8 Å². The van der Waals surface area contributed by atoms with Gasteiger partial charge in [0.25, 0.3) is 0 Å². The van der Waals surface area contributed by atoms with Crippen LogP contribution in [0.1, 0.15) is 25.0 Å². The summed E-state index contributed by atoms with van der Waals surface area (Å²) in [4.78, 5) is 4.60. The Hall–Kier alpha value is -4.17. The van der Waals surface area contributed by atoms with Crippen LogP contribution < -0.4 is 0 Å². The lowest BCUT2D eigenvalue weighted by atomic mass is 9.82. The van der Waals surface area contributed by atoms with Gasteiger partial charge in [-0.2, -0.15) is 0 Å². The third kappa shape index (κ3) is 2.60. The van der Waals surface area contributed by atoms with Crippen molar-refractivity contribution in [1.82, 2.24) is 9.55 Å². The van der Waals surface area contributed by atoms with Crippen LogP contribution in [0, 0.1) is 0 Å². The van der Waals surface area contributed by atoms with Crippen molar-refractivity contribution in [2.24, 2.45) is 0 Å². The first-order valence-corrected chi connectivity index (χ1v) is 11.8. The Morgan fingerprint density at radius 2 is 1.38 bits per heavy atom. The highest BCUT2D eigenvalue weighted by Gasteiger charge is 2.36. The average Bonchev–Trinajstić information content (AvgIpc) is 3.32. The molecule has 1 aliphatic carbocycles. The second-order valence-electron chi connectivity index (χ2n) is 9.70. The molecule has 4 aromatic carbocycles. The second kappa shape index (κ2) is 6.91. The van der Waals surface area contributed by atoms with Crippen molar-refractivity contribution in [3.8, 4) is 28.1 Å². The number of benzene rings is 4. The second-order valence-corrected chi connectivity index (χ2v) is 9.70. The zero-order valence-corrected chi connectivity index (χ0v) is 19.3. The van der Waals surface area contributed by atoms with E-state index in [1.807, 2.05) is 18.3 Å². The molecule has 1 aliphatic rings. The Morgan fingerprint density at radius 3 is 2.21 bits per heavy atom. The van der Waals surface area contributed by atoms with Gasteiger partial charge in [0.05, 0.1) is 16.7 Å². The number of aromatic nitrogens is 2. The predicted octanol–water partition coefficient (Wildman–Crippen LogP) is 8.15. The van der Waals surface area contributed by atoms with E-state index in [1.165, 1.54) is 49.7 Å². The summed E-state index contributed by atoms with van der Waals surface area (Å²) in [5, 5.41) is 2.55. The molecule has 2 nitrogen and oxygen atoms in total. The van der Waals surface area contributed by atoms with E-state index >= 15 is 0 Å². The largest absolute Gasteiger partial charge is 0.309 e. The van der Waals surface area contributed by atoms with Gasteiger partial charge in [0.1, 0.15) is 0 Å². The van der Waals surface area contributed by atoms with Crippen molar-refractivity contribution in [3.63, 3.8) is 0 Å². The maximum atomic E-state index is 4.60. The van der Waals surface area contributed by atoms with E-state index in [2.05, 4.69) is 114 Å². The zero-order valence-electron chi connectivity index (χ0n) is 19.3. The summed E-state index contributed by atoms with van der Waals surface area (Å²) in [6.07, 6.45) is 1.86. The first-order chi connectivity index (χ1) is 16.6. The molecule has 0 spiro atoms. The van der Waals surface area contributed by atoms with Gasteiger partial charge in [-0.1, -0.05) is 68.4 Å². The number of rotatable bonds is 2. The fourth-order valence-electron chi connectivity index (χ4n) is 5.76. The predicted molar refractivity (Wildman–Crippen MR) is 142 cm³/mol. The SMILES string of the molecule is CC1(C)c2ccccc2-c2cc3c(cc21)c1cc(-c2ccccn2)ccc1n3-c1ccccc1. The summed E-state index contributed by atoms with van der Waals surface area (Å²) in [5.74, 6) is 0. The third-order valence-electron chi connectivity index (χ3n) is 7.44. The van der Waals surface area contributed by atoms with Gasteiger partial charge < -0.3 is 4.57 Å². The quantitative estimate of drug-likeness (QED) is 0.268. The molecule has 162 valence electrons. The summed E-state index contributed by atoms with van der Waals surface area (Å²) >= 11 is 0. The van der Waals surface area contributed by atoms with Gasteiger partial charge in [0, 0.05) is 33.6 Å². The molecule has 7 rings (SSSR count). The van der Waals surface area contributed by atoms with Gasteiger partial charge in [0.2, 0.25) is 0 Å². The maximum Gasteiger partial charge on any atom is 0.0702 e. The Bertz CT molecular complexity index is 1710. The van der Waals surface area contributed by atoms with Crippen LogP contribution in [0.3, 0.4) is 0 Å². The minimum absolute atomic E-state index is 0.0279. The van der Waals surface area contributed by atoms with Crippen molar-refractivity contribution in [1.29, 1.82) is 0 Å². The van der Waals surface area contributed by atoms with Crippen LogP contribution in [0.4, 0.5) is 0 Å². The fourth-order valence-corrected chi connectivity index (χ4v) is 5.76. The summed E-state index contributed by atoms with van der Waals surface area (Å²) < 4.78 is 2.40. The van der Waals surface area contributed by atoms with Crippen molar-refractivity contribution >= 4 is 21.8 Å². The van der Waals surface area contributed by atoms with Gasteiger partial charge in [-0.25, -0.2) is 0 Å². The van der Waals surface area contributed by atoms with E-state index < -0.39 is 0 Å². The number of fused-ring (bicyclic) bond motifs is 6. The molecule has 0 saturated heterocycles. The van der Waals surface area contributed by atoms with Crippen molar-refractivity contribution in [2.45, 2.75) is 19.3 Å². The minimum atomic E-state index is -0.0279. The molecule has 2 heteroatoms. The molecular weight excluding hydrogens is 412 g/mol. The normalized spacial score (nSPS) is 13.8. The summed E-state index contributed by atoms with van der Waals surface area (Å²) in [6.45, 7) is 4.69. The van der Waals surface area contributed by atoms with E-state index in [1.54, 1.807) is 0 Å². The first kappa shape index (κ1) is 19.3. The van der Waals surface area contributed by atoms with E-state index in [9.17, 15) is 0 Å². The lowest BCUT2D eigenvalue weighted by molar-refractivity contribution is 0.661. The summed E-state index contributed by atoms with van der Waals surface area (Å²) in [5.41, 5.74) is 11.3. The van der Waals surface area contributed by atoms with Crippen LogP contribution in [0.2, 0.25) is 0 Å². The average molecular weight is 437 g/mol. The summed E-state index contributed by atoms with van der Waals surface area (Å²) in [6, 6.07) is 37.2. The minimum Gasteiger partial charge on any atom is -0.309 e. The number of hydrogen-bond donors (Lipinski definition) is 0. The third-order valence-corrected chi connectivity index (χ3v) is 7.44. The van der Waals surface area contributed by atoms with Crippen molar-refractivity contribution in [3.05, 3.63) is 120 Å². The zero-order chi connectivity index (χ0) is 22.9. The van der Waals surface area contributed by atoms with E-state index in [0.29, 0.717) is 0 Å². The van der Waals surface area contributed by atoms with Crippen molar-refractivity contribution in [2.75, 3.05) is 0 Å². The van der Waals surface area contributed by atoms with Gasteiger partial charge >= 0.3 is 0 Å². The molecule has 0 amide bonds. The topological polar surface area (TPSA) is 17.8 Å². The Balaban J connectivity index is 1.61. The van der Waals surface area contributed by atoms with Gasteiger partial charge in [-0.3, -0.25) is 4.98 Å². The molecule has 0 saturated carbocycles. The maximum absolute atomic E-state index is 4.60. The van der Waals surface area contributed by atoms with E-state index in [0.717, 1.165) is 11.3 Å². The van der Waals surface area contributed by atoms with Crippen LogP contribution >= 0.6 is 0 Å². The van der Waals surface area contributed by atoms with Crippen LogP contribution in [0.25, 0.3) is 49.9 Å². The Morgan fingerprint density at radius 1 is 0.618 bits per heavy atom. The molecule has 0 aliphatic heterocycles. The van der Waals surface area contributed by atoms with Crippen LogP contribution in [0.15, 0.2) is 109 Å². The number of para-hydroxylation sites is 1. The van der Waals surface area contributed by atoms with Crippen LogP contribution in [-0.2, 0) is 5.41 Å². The molecule has 0 N–H and O–H groups in total. The van der Waals surface area contributed by atoms with Gasteiger partial charge in [-0.15, -0.1) is 0 Å². The number of pyridine rings is 1. The van der Waals surface area contributed by atoms with Crippen molar-refractivity contribution < 1.29 is 0 Å². The molecule has 34 heavy (non-hydrogen) atoms. The molecule has 0 bridgehead atoms. The highest BCUT2D eigenvalue weighted by Crippen LogP contribution is 2.51. The van der Waals surface area contributed by atoms with E-state index in [4.69, 9.17) is 0 Å². The molecule has 0 unspecified atom stereocenters. The molecule has 0 atom stereocenters.